The van der Waals surface area contributed by atoms with Gasteiger partial charge in [0.2, 0.25) is 0 Å². The highest BCUT2D eigenvalue weighted by molar-refractivity contribution is 5.88. The maximum absolute atomic E-state index is 13.2. The molecule has 0 unspecified atom stereocenters. The molecule has 2 aromatic rings. The third kappa shape index (κ3) is 6.04. The lowest BCUT2D eigenvalue weighted by molar-refractivity contribution is -0.204. The summed E-state index contributed by atoms with van der Waals surface area (Å²) in [6, 6.07) is 11.9. The highest BCUT2D eigenvalue weighted by atomic mass is 19.4. The van der Waals surface area contributed by atoms with E-state index in [4.69, 9.17) is 4.74 Å². The Morgan fingerprint density at radius 1 is 0.979 bits per heavy atom. The number of aliphatic hydroxyl groups is 1. The van der Waals surface area contributed by atoms with E-state index in [0.717, 1.165) is 49.8 Å². The number of hydrogen-bond acceptors (Lipinski definition) is 4. The van der Waals surface area contributed by atoms with Crippen molar-refractivity contribution in [2.45, 2.75) is 96.9 Å². The second kappa shape index (κ2) is 12.1. The van der Waals surface area contributed by atoms with Gasteiger partial charge in [-0.25, -0.2) is 4.79 Å². The molecule has 10 atom stereocenters. The first-order chi connectivity index (χ1) is 22.0. The quantitative estimate of drug-likeness (QED) is 0.304. The fourth-order valence-corrected chi connectivity index (χ4v) is 10.8. The summed E-state index contributed by atoms with van der Waals surface area (Å²) in [6.07, 6.45) is 6.10. The van der Waals surface area contributed by atoms with E-state index in [-0.39, 0.29) is 46.2 Å². The minimum atomic E-state index is -4.43. The molecule has 0 heterocycles. The monoisotopic (exact) mass is 652 g/mol. The number of benzene rings is 2. The van der Waals surface area contributed by atoms with Gasteiger partial charge >= 0.3 is 18.1 Å². The molecule has 4 saturated carbocycles. The van der Waals surface area contributed by atoms with Crippen molar-refractivity contribution in [2.75, 3.05) is 0 Å². The highest BCUT2D eigenvalue weighted by Gasteiger charge is 2.64. The summed E-state index contributed by atoms with van der Waals surface area (Å²) in [6.45, 7) is 8.49. The summed E-state index contributed by atoms with van der Waals surface area (Å²) < 4.78 is 45.9. The average Bonchev–Trinajstić information content (AvgIpc) is 3.37. The molecule has 0 radical (unpaired) electrons. The molecule has 2 N–H and O–H groups in total. The van der Waals surface area contributed by atoms with Crippen molar-refractivity contribution in [3.8, 4) is 0 Å². The Morgan fingerprint density at radius 2 is 1.68 bits per heavy atom. The third-order valence-corrected chi connectivity index (χ3v) is 13.2. The number of halogens is 3. The average molecular weight is 653 g/mol. The van der Waals surface area contributed by atoms with Gasteiger partial charge in [0.05, 0.1) is 16.7 Å². The van der Waals surface area contributed by atoms with Gasteiger partial charge in [0.1, 0.15) is 6.10 Å². The van der Waals surface area contributed by atoms with Crippen LogP contribution >= 0.6 is 0 Å². The Bertz CT molecular complexity index is 1530. The van der Waals surface area contributed by atoms with Crippen molar-refractivity contribution in [1.82, 2.24) is 0 Å². The Morgan fingerprint density at radius 3 is 2.34 bits per heavy atom. The molecular formula is C39H47F3O5. The molecular weight excluding hydrogens is 605 g/mol. The molecule has 0 bridgehead atoms. The van der Waals surface area contributed by atoms with Crippen LogP contribution in [0.15, 0.2) is 54.6 Å². The first-order valence-corrected chi connectivity index (χ1v) is 17.1. The standard InChI is InChI=1S/C39H47F3O5/c1-23(8-9-25-6-5-7-26(20-25)35(44)45)30-14-15-31-34-32(16-17-37(30,31)4)36(3)18-19-38(46,22-29(36)21-33(34)47-24(2)43)27-10-12-28(13-11-27)39(40,41)42/h5-13,20,23,29-34,46H,14-19,21-22H2,1-4H3,(H,44,45)/b9-8+/t23-,29-,30-,31+,32+,33-,34+,36+,37-,38+/m1/s1. The molecule has 6 rings (SSSR count). The summed E-state index contributed by atoms with van der Waals surface area (Å²) in [5.74, 6) is 0.467. The van der Waals surface area contributed by atoms with Crippen molar-refractivity contribution in [3.05, 3.63) is 76.9 Å². The smallest absolute Gasteiger partial charge is 0.416 e. The molecule has 8 heteroatoms. The summed E-state index contributed by atoms with van der Waals surface area (Å²) in [5.41, 5.74) is -0.300. The molecule has 0 saturated heterocycles. The number of fused-ring (bicyclic) bond motifs is 5. The molecule has 4 fully saturated rings. The lowest BCUT2D eigenvalue weighted by Crippen LogP contribution is -2.60. The first kappa shape index (κ1) is 33.8. The maximum atomic E-state index is 13.2. The Kier molecular flexibility index (Phi) is 8.68. The molecule has 0 aromatic heterocycles. The molecule has 254 valence electrons. The third-order valence-electron chi connectivity index (χ3n) is 13.2. The second-order valence-corrected chi connectivity index (χ2v) is 15.6. The lowest BCUT2D eigenvalue weighted by atomic mass is 9.42. The normalized spacial score (nSPS) is 37.4. The molecule has 0 spiro atoms. The van der Waals surface area contributed by atoms with Crippen LogP contribution in [-0.4, -0.2) is 28.3 Å². The molecule has 2 aromatic carbocycles. The van der Waals surface area contributed by atoms with Gasteiger partial charge in [-0.1, -0.05) is 57.2 Å². The van der Waals surface area contributed by atoms with Crippen molar-refractivity contribution in [3.63, 3.8) is 0 Å². The minimum Gasteiger partial charge on any atom is -0.478 e. The van der Waals surface area contributed by atoms with Crippen LogP contribution in [0.25, 0.3) is 6.08 Å². The molecule has 4 aliphatic rings. The van der Waals surface area contributed by atoms with E-state index in [1.165, 1.54) is 19.1 Å². The number of carbonyl (C=O) groups is 2. The van der Waals surface area contributed by atoms with E-state index in [2.05, 4.69) is 26.8 Å². The van der Waals surface area contributed by atoms with Crippen LogP contribution in [0.1, 0.15) is 106 Å². The number of hydrogen-bond donors (Lipinski definition) is 2. The number of carboxylic acid groups (broad SMARTS) is 1. The van der Waals surface area contributed by atoms with E-state index in [1.54, 1.807) is 18.2 Å². The van der Waals surface area contributed by atoms with Crippen LogP contribution < -0.4 is 0 Å². The highest BCUT2D eigenvalue weighted by Crippen LogP contribution is 2.69. The number of rotatable bonds is 6. The predicted molar refractivity (Wildman–Crippen MR) is 173 cm³/mol. The first-order valence-electron chi connectivity index (χ1n) is 17.1. The number of ether oxygens (including phenoxy) is 1. The number of carbonyl (C=O) groups excluding carboxylic acids is 1. The lowest BCUT2D eigenvalue weighted by Gasteiger charge is -2.63. The van der Waals surface area contributed by atoms with Gasteiger partial charge in [-0.15, -0.1) is 0 Å². The van der Waals surface area contributed by atoms with Gasteiger partial charge in [0, 0.05) is 12.8 Å². The largest absolute Gasteiger partial charge is 0.478 e. The van der Waals surface area contributed by atoms with Gasteiger partial charge in [0.15, 0.2) is 0 Å². The van der Waals surface area contributed by atoms with Crippen LogP contribution in [0.3, 0.4) is 0 Å². The van der Waals surface area contributed by atoms with Crippen molar-refractivity contribution in [2.24, 2.45) is 46.3 Å². The SMILES string of the molecule is CC(=O)O[C@@H]1C[C@@H]2C[C@](O)(c3ccc(C(F)(F)F)cc3)CC[C@]2(C)[C@H]2CC[C@]3(C)[C@@H]([C@H](C)/C=C/c4cccc(C(=O)O)c4)CC[C@H]3[C@H]12. The van der Waals surface area contributed by atoms with E-state index in [1.807, 2.05) is 12.1 Å². The van der Waals surface area contributed by atoms with Gasteiger partial charge in [-0.2, -0.15) is 13.2 Å². The van der Waals surface area contributed by atoms with Crippen LogP contribution in [0, 0.1) is 46.3 Å². The fourth-order valence-electron chi connectivity index (χ4n) is 10.8. The summed E-state index contributed by atoms with van der Waals surface area (Å²) in [7, 11) is 0. The number of aromatic carboxylic acids is 1. The van der Waals surface area contributed by atoms with E-state index >= 15 is 0 Å². The van der Waals surface area contributed by atoms with E-state index in [9.17, 15) is 33.0 Å². The zero-order valence-corrected chi connectivity index (χ0v) is 27.7. The topological polar surface area (TPSA) is 83.8 Å². The fraction of sp³-hybridized carbons (Fsp3) is 0.590. The second-order valence-electron chi connectivity index (χ2n) is 15.6. The van der Waals surface area contributed by atoms with Gasteiger partial charge in [-0.05, 0) is 127 Å². The number of allylic oxidation sites excluding steroid dienone is 1. The van der Waals surface area contributed by atoms with Crippen LogP contribution in [0.2, 0.25) is 0 Å². The number of carboxylic acids is 1. The summed E-state index contributed by atoms with van der Waals surface area (Å²) in [4.78, 5) is 24.0. The van der Waals surface area contributed by atoms with E-state index < -0.39 is 23.3 Å². The molecule has 4 aliphatic carbocycles. The molecule has 47 heavy (non-hydrogen) atoms. The van der Waals surface area contributed by atoms with Gasteiger partial charge in [-0.3, -0.25) is 4.79 Å². The van der Waals surface area contributed by atoms with Crippen LogP contribution in [0.4, 0.5) is 13.2 Å². The van der Waals surface area contributed by atoms with Crippen molar-refractivity contribution >= 4 is 18.0 Å². The van der Waals surface area contributed by atoms with Gasteiger partial charge in [0.25, 0.3) is 0 Å². The summed E-state index contributed by atoms with van der Waals surface area (Å²) in [5, 5.41) is 21.3. The number of alkyl halides is 3. The van der Waals surface area contributed by atoms with E-state index in [0.29, 0.717) is 42.6 Å². The zero-order chi connectivity index (χ0) is 33.9. The van der Waals surface area contributed by atoms with Crippen molar-refractivity contribution < 1.29 is 37.7 Å². The Labute approximate surface area is 275 Å². The Balaban J connectivity index is 1.24. The predicted octanol–water partition coefficient (Wildman–Crippen LogP) is 9.14. The number of esters is 1. The van der Waals surface area contributed by atoms with Crippen molar-refractivity contribution in [1.29, 1.82) is 0 Å². The Hall–Kier alpha value is -3.13. The zero-order valence-electron chi connectivity index (χ0n) is 27.7. The minimum absolute atomic E-state index is 0.0606. The van der Waals surface area contributed by atoms with Gasteiger partial charge < -0.3 is 14.9 Å². The molecule has 0 amide bonds. The summed E-state index contributed by atoms with van der Waals surface area (Å²) >= 11 is 0. The maximum Gasteiger partial charge on any atom is 0.416 e. The van der Waals surface area contributed by atoms with Crippen LogP contribution in [-0.2, 0) is 21.3 Å². The van der Waals surface area contributed by atoms with Crippen LogP contribution in [0.5, 0.6) is 0 Å². The molecule has 5 nitrogen and oxygen atoms in total. The molecule has 0 aliphatic heterocycles.